The Kier molecular flexibility index (Phi) is 1.38. The van der Waals surface area contributed by atoms with Crippen LogP contribution in [0.3, 0.4) is 0 Å². The van der Waals surface area contributed by atoms with Gasteiger partial charge in [-0.15, -0.1) is 0 Å². The van der Waals surface area contributed by atoms with Gasteiger partial charge in [0.05, 0.1) is 0 Å². The van der Waals surface area contributed by atoms with Crippen LogP contribution in [0.25, 0.3) is 0 Å². The van der Waals surface area contributed by atoms with Gasteiger partial charge in [0.25, 0.3) is 0 Å². The van der Waals surface area contributed by atoms with E-state index in [2.05, 4.69) is 24.4 Å². The SMILES string of the molecule is CCNCC1=CC2CC=C12. The minimum Gasteiger partial charge on any atom is -0.313 e. The second kappa shape index (κ2) is 2.24. The van der Waals surface area contributed by atoms with Gasteiger partial charge in [0, 0.05) is 12.5 Å². The average molecular weight is 135 g/mol. The minimum atomic E-state index is 0.855. The van der Waals surface area contributed by atoms with E-state index in [0.717, 1.165) is 19.0 Å². The third-order valence-electron chi connectivity index (χ3n) is 2.33. The normalized spacial score (nSPS) is 27.5. The Morgan fingerprint density at radius 3 is 3.00 bits per heavy atom. The highest BCUT2D eigenvalue weighted by atomic mass is 14.8. The lowest BCUT2D eigenvalue weighted by atomic mass is 9.70. The van der Waals surface area contributed by atoms with Gasteiger partial charge < -0.3 is 5.32 Å². The molecule has 0 saturated carbocycles. The van der Waals surface area contributed by atoms with Crippen LogP contribution in [0.5, 0.6) is 0 Å². The fourth-order valence-corrected chi connectivity index (χ4v) is 1.56. The number of allylic oxidation sites excluding steroid dienone is 2. The van der Waals surface area contributed by atoms with Crippen molar-refractivity contribution in [3.05, 3.63) is 23.3 Å². The second-order valence-corrected chi connectivity index (χ2v) is 2.97. The van der Waals surface area contributed by atoms with Gasteiger partial charge >= 0.3 is 0 Å². The lowest BCUT2D eigenvalue weighted by molar-refractivity contribution is 0.618. The molecule has 0 aromatic rings. The number of hydrogen-bond acceptors (Lipinski definition) is 1. The Balaban J connectivity index is 1.86. The topological polar surface area (TPSA) is 12.0 Å². The first-order chi connectivity index (χ1) is 4.92. The number of rotatable bonds is 3. The molecule has 2 aliphatic carbocycles. The maximum Gasteiger partial charge on any atom is 0.0205 e. The van der Waals surface area contributed by atoms with Crippen molar-refractivity contribution >= 4 is 0 Å². The van der Waals surface area contributed by atoms with Crippen molar-refractivity contribution in [3.8, 4) is 0 Å². The molecule has 0 spiro atoms. The standard InChI is InChI=1S/C9H13N/c1-2-10-6-8-5-7-3-4-9(7)8/h4-5,7,10H,2-3,6H2,1H3. The van der Waals surface area contributed by atoms with Gasteiger partial charge in [-0.3, -0.25) is 0 Å². The second-order valence-electron chi connectivity index (χ2n) is 2.97. The summed E-state index contributed by atoms with van der Waals surface area (Å²) >= 11 is 0. The quantitative estimate of drug-likeness (QED) is 0.618. The largest absolute Gasteiger partial charge is 0.313 e. The molecule has 1 N–H and O–H groups in total. The summed E-state index contributed by atoms with van der Waals surface area (Å²) in [6.45, 7) is 4.31. The van der Waals surface area contributed by atoms with Crippen LogP contribution >= 0.6 is 0 Å². The number of fused-ring (bicyclic) bond motifs is 1. The van der Waals surface area contributed by atoms with Crippen LogP contribution in [-0.2, 0) is 0 Å². The highest BCUT2D eigenvalue weighted by molar-refractivity contribution is 5.51. The Morgan fingerprint density at radius 1 is 1.70 bits per heavy atom. The van der Waals surface area contributed by atoms with Gasteiger partial charge in [0.1, 0.15) is 0 Å². The van der Waals surface area contributed by atoms with Crippen molar-refractivity contribution < 1.29 is 0 Å². The monoisotopic (exact) mass is 135 g/mol. The van der Waals surface area contributed by atoms with Gasteiger partial charge in [-0.1, -0.05) is 19.1 Å². The van der Waals surface area contributed by atoms with E-state index in [0.29, 0.717) is 0 Å². The maximum absolute atomic E-state index is 3.33. The molecule has 0 bridgehead atoms. The van der Waals surface area contributed by atoms with Crippen LogP contribution in [0.4, 0.5) is 0 Å². The zero-order valence-corrected chi connectivity index (χ0v) is 6.35. The molecule has 0 radical (unpaired) electrons. The Morgan fingerprint density at radius 2 is 2.60 bits per heavy atom. The first-order valence-electron chi connectivity index (χ1n) is 4.03. The fourth-order valence-electron chi connectivity index (χ4n) is 1.56. The van der Waals surface area contributed by atoms with E-state index in [1.54, 1.807) is 5.57 Å². The molecule has 54 valence electrons. The van der Waals surface area contributed by atoms with E-state index in [4.69, 9.17) is 0 Å². The first kappa shape index (κ1) is 6.17. The van der Waals surface area contributed by atoms with Crippen molar-refractivity contribution in [2.75, 3.05) is 13.1 Å². The van der Waals surface area contributed by atoms with Crippen molar-refractivity contribution in [1.82, 2.24) is 5.32 Å². The van der Waals surface area contributed by atoms with Gasteiger partial charge in [-0.25, -0.2) is 0 Å². The molecule has 0 fully saturated rings. The van der Waals surface area contributed by atoms with Gasteiger partial charge in [0.15, 0.2) is 0 Å². The predicted molar refractivity (Wildman–Crippen MR) is 42.8 cm³/mol. The molecule has 2 aliphatic rings. The molecule has 0 saturated heterocycles. The van der Waals surface area contributed by atoms with E-state index in [9.17, 15) is 0 Å². The zero-order valence-electron chi connectivity index (χ0n) is 6.35. The molecule has 0 aromatic heterocycles. The summed E-state index contributed by atoms with van der Waals surface area (Å²) in [5.74, 6) is 0.855. The highest BCUT2D eigenvalue weighted by Crippen LogP contribution is 2.42. The lowest BCUT2D eigenvalue weighted by Gasteiger charge is -2.36. The van der Waals surface area contributed by atoms with E-state index in [-0.39, 0.29) is 0 Å². The highest BCUT2D eigenvalue weighted by Gasteiger charge is 2.29. The summed E-state index contributed by atoms with van der Waals surface area (Å²) in [4.78, 5) is 0. The summed E-state index contributed by atoms with van der Waals surface area (Å²) in [7, 11) is 0. The van der Waals surface area contributed by atoms with E-state index in [1.165, 1.54) is 12.0 Å². The Hall–Kier alpha value is -0.560. The molecular weight excluding hydrogens is 122 g/mol. The molecule has 0 aromatic carbocycles. The number of likely N-dealkylation sites (N-methyl/N-ethyl adjacent to an activating group) is 1. The fraction of sp³-hybridized carbons (Fsp3) is 0.556. The van der Waals surface area contributed by atoms with Crippen LogP contribution in [0, 0.1) is 5.92 Å². The van der Waals surface area contributed by atoms with Crippen molar-refractivity contribution in [3.63, 3.8) is 0 Å². The summed E-state index contributed by atoms with van der Waals surface area (Å²) in [5, 5.41) is 3.33. The molecule has 0 amide bonds. The van der Waals surface area contributed by atoms with Gasteiger partial charge in [-0.2, -0.15) is 0 Å². The predicted octanol–water partition coefficient (Wildman–Crippen LogP) is 1.48. The zero-order chi connectivity index (χ0) is 6.97. The van der Waals surface area contributed by atoms with Crippen LogP contribution in [-0.4, -0.2) is 13.1 Å². The molecule has 0 heterocycles. The molecule has 1 heteroatoms. The van der Waals surface area contributed by atoms with E-state index >= 15 is 0 Å². The molecule has 0 aliphatic heterocycles. The molecule has 1 atom stereocenters. The van der Waals surface area contributed by atoms with Crippen LogP contribution in [0.15, 0.2) is 23.3 Å². The summed E-state index contributed by atoms with van der Waals surface area (Å²) in [6, 6.07) is 0. The third-order valence-corrected chi connectivity index (χ3v) is 2.33. The number of hydrogen-bond donors (Lipinski definition) is 1. The third kappa shape index (κ3) is 0.739. The maximum atomic E-state index is 3.33. The summed E-state index contributed by atoms with van der Waals surface area (Å²) in [5.41, 5.74) is 3.15. The first-order valence-corrected chi connectivity index (χ1v) is 4.03. The van der Waals surface area contributed by atoms with Crippen LogP contribution < -0.4 is 5.32 Å². The van der Waals surface area contributed by atoms with Crippen LogP contribution in [0.1, 0.15) is 13.3 Å². The minimum absolute atomic E-state index is 0.855. The van der Waals surface area contributed by atoms with E-state index in [1.807, 2.05) is 0 Å². The smallest absolute Gasteiger partial charge is 0.0205 e. The average Bonchev–Trinajstić information content (AvgIpc) is 1.92. The van der Waals surface area contributed by atoms with E-state index < -0.39 is 0 Å². The van der Waals surface area contributed by atoms with Crippen molar-refractivity contribution in [2.24, 2.45) is 5.92 Å². The molecule has 1 unspecified atom stereocenters. The number of nitrogens with one attached hydrogen (secondary N) is 1. The molecular formula is C9H13N. The summed E-state index contributed by atoms with van der Waals surface area (Å²) in [6.07, 6.45) is 6.03. The Bertz CT molecular complexity index is 201. The van der Waals surface area contributed by atoms with Crippen molar-refractivity contribution in [1.29, 1.82) is 0 Å². The van der Waals surface area contributed by atoms with Crippen molar-refractivity contribution in [2.45, 2.75) is 13.3 Å². The van der Waals surface area contributed by atoms with Crippen LogP contribution in [0.2, 0.25) is 0 Å². The molecule has 2 rings (SSSR count). The van der Waals surface area contributed by atoms with Gasteiger partial charge in [-0.05, 0) is 24.1 Å². The Labute approximate surface area is 61.8 Å². The summed E-state index contributed by atoms with van der Waals surface area (Å²) < 4.78 is 0. The molecule has 10 heavy (non-hydrogen) atoms. The molecule has 1 nitrogen and oxygen atoms in total. The van der Waals surface area contributed by atoms with Gasteiger partial charge in [0.2, 0.25) is 0 Å². The lowest BCUT2D eigenvalue weighted by Crippen LogP contribution is -2.28.